The number of benzene rings is 2. The van der Waals surface area contributed by atoms with E-state index in [1.807, 2.05) is 36.4 Å². The summed E-state index contributed by atoms with van der Waals surface area (Å²) in [6, 6.07) is 18.1. The van der Waals surface area contributed by atoms with Crippen LogP contribution in [-0.2, 0) is 10.0 Å². The molecule has 0 saturated heterocycles. The first-order valence-electron chi connectivity index (χ1n) is 5.95. The summed E-state index contributed by atoms with van der Waals surface area (Å²) >= 11 is 0. The van der Waals surface area contributed by atoms with Gasteiger partial charge in [0.2, 0.25) is 10.0 Å². The van der Waals surface area contributed by atoms with E-state index in [1.165, 1.54) is 0 Å². The second kappa shape index (κ2) is 6.31. The number of hydrogen-bond acceptors (Lipinski definition) is 2. The van der Waals surface area contributed by atoms with Crippen LogP contribution in [0.25, 0.3) is 6.08 Å². The van der Waals surface area contributed by atoms with Gasteiger partial charge in [-0.1, -0.05) is 60.7 Å². The summed E-state index contributed by atoms with van der Waals surface area (Å²) in [5.74, 6) is 0. The standard InChI is InChI=1S/C15H15NO2S/c17-19(18,15-11-5-2-6-12-15)16-13-7-10-14-8-3-1-4-9-14/h1-12,16H,13H2. The van der Waals surface area contributed by atoms with Gasteiger partial charge in [-0.05, 0) is 17.7 Å². The average Bonchev–Trinajstić information content (AvgIpc) is 2.46. The van der Waals surface area contributed by atoms with Crippen molar-refractivity contribution in [1.82, 2.24) is 4.72 Å². The maximum absolute atomic E-state index is 11.9. The van der Waals surface area contributed by atoms with Crippen LogP contribution >= 0.6 is 0 Å². The number of nitrogens with one attached hydrogen (secondary N) is 1. The van der Waals surface area contributed by atoms with Gasteiger partial charge in [-0.3, -0.25) is 0 Å². The highest BCUT2D eigenvalue weighted by molar-refractivity contribution is 7.89. The fourth-order valence-corrected chi connectivity index (χ4v) is 2.60. The van der Waals surface area contributed by atoms with Crippen molar-refractivity contribution < 1.29 is 8.42 Å². The molecule has 19 heavy (non-hydrogen) atoms. The highest BCUT2D eigenvalue weighted by Crippen LogP contribution is 2.06. The van der Waals surface area contributed by atoms with Crippen molar-refractivity contribution in [3.05, 3.63) is 72.3 Å². The maximum atomic E-state index is 11.9. The van der Waals surface area contributed by atoms with Gasteiger partial charge in [0.25, 0.3) is 0 Å². The van der Waals surface area contributed by atoms with E-state index >= 15 is 0 Å². The highest BCUT2D eigenvalue weighted by Gasteiger charge is 2.10. The Labute approximate surface area is 113 Å². The molecule has 0 radical (unpaired) electrons. The average molecular weight is 273 g/mol. The van der Waals surface area contributed by atoms with E-state index in [2.05, 4.69) is 4.72 Å². The fourth-order valence-electron chi connectivity index (χ4n) is 1.60. The molecule has 4 heteroatoms. The molecule has 2 rings (SSSR count). The Morgan fingerprint density at radius 3 is 2.11 bits per heavy atom. The first kappa shape index (κ1) is 13.5. The largest absolute Gasteiger partial charge is 0.240 e. The zero-order valence-electron chi connectivity index (χ0n) is 10.4. The fraction of sp³-hybridized carbons (Fsp3) is 0.0667. The summed E-state index contributed by atoms with van der Waals surface area (Å²) in [5.41, 5.74) is 1.04. The van der Waals surface area contributed by atoms with E-state index in [9.17, 15) is 8.42 Å². The Bertz CT molecular complexity index is 634. The zero-order chi connectivity index (χ0) is 13.6. The summed E-state index contributed by atoms with van der Waals surface area (Å²) in [5, 5.41) is 0. The summed E-state index contributed by atoms with van der Waals surface area (Å²) in [4.78, 5) is 0.281. The van der Waals surface area contributed by atoms with Crippen LogP contribution in [-0.4, -0.2) is 15.0 Å². The van der Waals surface area contributed by atoms with E-state index in [1.54, 1.807) is 36.4 Å². The molecule has 98 valence electrons. The molecule has 2 aromatic rings. The predicted octanol–water partition coefficient (Wildman–Crippen LogP) is 2.68. The van der Waals surface area contributed by atoms with Gasteiger partial charge in [0.05, 0.1) is 4.90 Å². The third kappa shape index (κ3) is 4.05. The molecule has 0 aliphatic heterocycles. The van der Waals surface area contributed by atoms with E-state index in [0.717, 1.165) is 5.56 Å². The van der Waals surface area contributed by atoms with Crippen LogP contribution in [0.2, 0.25) is 0 Å². The van der Waals surface area contributed by atoms with E-state index < -0.39 is 10.0 Å². The molecule has 0 fully saturated rings. The highest BCUT2D eigenvalue weighted by atomic mass is 32.2. The summed E-state index contributed by atoms with van der Waals surface area (Å²) < 4.78 is 26.3. The quantitative estimate of drug-likeness (QED) is 0.910. The third-order valence-corrected chi connectivity index (χ3v) is 3.99. The van der Waals surface area contributed by atoms with Crippen LogP contribution in [0.4, 0.5) is 0 Å². The van der Waals surface area contributed by atoms with E-state index in [0.29, 0.717) is 0 Å². The summed E-state index contributed by atoms with van der Waals surface area (Å²) in [7, 11) is -3.42. The Morgan fingerprint density at radius 2 is 1.47 bits per heavy atom. The lowest BCUT2D eigenvalue weighted by Gasteiger charge is -2.03. The minimum Gasteiger partial charge on any atom is -0.207 e. The maximum Gasteiger partial charge on any atom is 0.240 e. The molecular weight excluding hydrogens is 258 g/mol. The van der Waals surface area contributed by atoms with Crippen molar-refractivity contribution in [3.63, 3.8) is 0 Å². The normalized spacial score (nSPS) is 11.8. The van der Waals surface area contributed by atoms with Gasteiger partial charge in [-0.2, -0.15) is 0 Å². The van der Waals surface area contributed by atoms with Crippen LogP contribution in [0.3, 0.4) is 0 Å². The number of sulfonamides is 1. The third-order valence-electron chi connectivity index (χ3n) is 2.55. The Balaban J connectivity index is 1.95. The van der Waals surface area contributed by atoms with Gasteiger partial charge in [0, 0.05) is 6.54 Å². The topological polar surface area (TPSA) is 46.2 Å². The van der Waals surface area contributed by atoms with E-state index in [-0.39, 0.29) is 11.4 Å². The monoisotopic (exact) mass is 273 g/mol. The van der Waals surface area contributed by atoms with Crippen LogP contribution in [0.5, 0.6) is 0 Å². The lowest BCUT2D eigenvalue weighted by Crippen LogP contribution is -2.23. The van der Waals surface area contributed by atoms with Crippen molar-refractivity contribution in [2.45, 2.75) is 4.90 Å². The molecule has 0 amide bonds. The van der Waals surface area contributed by atoms with Gasteiger partial charge < -0.3 is 0 Å². The zero-order valence-corrected chi connectivity index (χ0v) is 11.2. The molecule has 1 N–H and O–H groups in total. The minimum atomic E-state index is -3.42. The molecule has 2 aromatic carbocycles. The number of rotatable bonds is 5. The molecule has 0 heterocycles. The molecule has 0 saturated carbocycles. The van der Waals surface area contributed by atoms with Crippen molar-refractivity contribution in [2.24, 2.45) is 0 Å². The van der Waals surface area contributed by atoms with Gasteiger partial charge in [-0.15, -0.1) is 0 Å². The van der Waals surface area contributed by atoms with Gasteiger partial charge >= 0.3 is 0 Å². The van der Waals surface area contributed by atoms with Crippen molar-refractivity contribution in [2.75, 3.05) is 6.54 Å². The van der Waals surface area contributed by atoms with Crippen molar-refractivity contribution >= 4 is 16.1 Å². The van der Waals surface area contributed by atoms with Crippen LogP contribution in [0, 0.1) is 0 Å². The van der Waals surface area contributed by atoms with Gasteiger partial charge in [0.1, 0.15) is 0 Å². The SMILES string of the molecule is O=S(=O)(NCC=Cc1ccccc1)c1ccccc1. The number of hydrogen-bond donors (Lipinski definition) is 1. The van der Waals surface area contributed by atoms with Gasteiger partial charge in [0.15, 0.2) is 0 Å². The van der Waals surface area contributed by atoms with Crippen molar-refractivity contribution in [3.8, 4) is 0 Å². The second-order valence-electron chi connectivity index (χ2n) is 3.98. The minimum absolute atomic E-state index is 0.270. The molecule has 3 nitrogen and oxygen atoms in total. The van der Waals surface area contributed by atoms with E-state index in [4.69, 9.17) is 0 Å². The van der Waals surface area contributed by atoms with Crippen LogP contribution in [0.15, 0.2) is 71.6 Å². The summed E-state index contributed by atoms with van der Waals surface area (Å²) in [6.45, 7) is 0.270. The molecule has 0 unspecified atom stereocenters. The Morgan fingerprint density at radius 1 is 0.895 bits per heavy atom. The second-order valence-corrected chi connectivity index (χ2v) is 5.74. The molecule has 0 bridgehead atoms. The smallest absolute Gasteiger partial charge is 0.207 e. The lowest BCUT2D eigenvalue weighted by atomic mass is 10.2. The Hall–Kier alpha value is -1.91. The first-order valence-corrected chi connectivity index (χ1v) is 7.43. The van der Waals surface area contributed by atoms with Crippen LogP contribution in [0.1, 0.15) is 5.56 Å². The molecular formula is C15H15NO2S. The molecule has 0 aliphatic carbocycles. The first-order chi connectivity index (χ1) is 9.18. The Kier molecular flexibility index (Phi) is 4.49. The molecule has 0 spiro atoms. The molecule has 0 aliphatic rings. The lowest BCUT2D eigenvalue weighted by molar-refractivity contribution is 0.585. The summed E-state index contributed by atoms with van der Waals surface area (Å²) in [6.07, 6.45) is 3.67. The predicted molar refractivity (Wildman–Crippen MR) is 77.1 cm³/mol. The molecule has 0 atom stereocenters. The van der Waals surface area contributed by atoms with Crippen molar-refractivity contribution in [1.29, 1.82) is 0 Å². The van der Waals surface area contributed by atoms with Gasteiger partial charge in [-0.25, -0.2) is 13.1 Å². The van der Waals surface area contributed by atoms with Crippen LogP contribution < -0.4 is 4.72 Å². The molecule has 0 aromatic heterocycles.